The van der Waals surface area contributed by atoms with Crippen LogP contribution in [0.4, 0.5) is 49.6 Å². The van der Waals surface area contributed by atoms with Crippen LogP contribution in [0.15, 0.2) is 122 Å². The van der Waals surface area contributed by atoms with E-state index < -0.39 is 30.6 Å². The molecule has 0 saturated heterocycles. The number of nitrogens with two attached hydrogens (primary N) is 2. The molecule has 336 valence electrons. The topological polar surface area (TPSA) is 211 Å². The molecule has 65 heavy (non-hydrogen) atoms. The van der Waals surface area contributed by atoms with Gasteiger partial charge in [-0.3, -0.25) is 9.59 Å². The fourth-order valence-corrected chi connectivity index (χ4v) is 6.13. The maximum Gasteiger partial charge on any atom is 0.488 e. The standard InChI is InChI=1S/C21H16F3N5O.C14H12ClN5O.C7H6BF3O2.CH4/c1-12(30)27-18-11-29-10-14(4-7-19(29)28-18)15-8-17(20(25)26-9-15)13-2-5-16(6-3-13)21(22,23)24;1-8(21)18-12-7-20-6-9(2-3-13(20)19-12)10-4-11(15)14(16)17-5-10;9-7(10,11)5-1-3-6(4-2-5)8(12)13;/h2-11H,1H3,(H2,25,26)(H,27,30);2-7H,1H3,(H2,16,17)(H,18,21);1-4,12-13H;1H4. The highest BCUT2D eigenvalue weighted by Gasteiger charge is 2.31. The first-order chi connectivity index (χ1) is 30.1. The number of alkyl halides is 6. The van der Waals surface area contributed by atoms with Crippen molar-refractivity contribution in [2.45, 2.75) is 33.6 Å². The summed E-state index contributed by atoms with van der Waals surface area (Å²) in [5.74, 6) is 1.08. The van der Waals surface area contributed by atoms with Gasteiger partial charge in [0.15, 0.2) is 11.6 Å². The molecule has 8 rings (SSSR count). The zero-order valence-corrected chi connectivity index (χ0v) is 34.1. The van der Waals surface area contributed by atoms with E-state index in [1.54, 1.807) is 47.4 Å². The van der Waals surface area contributed by atoms with Gasteiger partial charge < -0.3 is 41.0 Å². The summed E-state index contributed by atoms with van der Waals surface area (Å²) < 4.78 is 78.0. The maximum absolute atomic E-state index is 12.8. The Balaban J connectivity index is 0.000000197. The van der Waals surface area contributed by atoms with Gasteiger partial charge in [-0.05, 0) is 59.6 Å². The molecule has 22 heteroatoms. The number of benzene rings is 2. The van der Waals surface area contributed by atoms with Crippen LogP contribution in [0.25, 0.3) is 44.7 Å². The van der Waals surface area contributed by atoms with Crippen LogP contribution in [0.2, 0.25) is 5.02 Å². The van der Waals surface area contributed by atoms with Crippen molar-refractivity contribution >= 4 is 70.6 Å². The molecule has 6 heterocycles. The van der Waals surface area contributed by atoms with Crippen molar-refractivity contribution in [1.29, 1.82) is 0 Å². The van der Waals surface area contributed by atoms with Gasteiger partial charge in [0.1, 0.15) is 22.9 Å². The number of nitrogen functional groups attached to an aromatic ring is 2. The van der Waals surface area contributed by atoms with E-state index in [1.165, 1.54) is 26.0 Å². The number of hydrogen-bond donors (Lipinski definition) is 6. The van der Waals surface area contributed by atoms with E-state index in [1.807, 2.05) is 35.0 Å². The minimum Gasteiger partial charge on any atom is -0.423 e. The second kappa shape index (κ2) is 19.9. The summed E-state index contributed by atoms with van der Waals surface area (Å²) in [6.07, 6.45) is 1.59. The molecule has 0 aliphatic carbocycles. The van der Waals surface area contributed by atoms with Gasteiger partial charge in [0, 0.05) is 66.5 Å². The van der Waals surface area contributed by atoms with Crippen molar-refractivity contribution in [3.05, 3.63) is 138 Å². The quantitative estimate of drug-likeness (QED) is 0.0695. The van der Waals surface area contributed by atoms with Gasteiger partial charge in [-0.15, -0.1) is 0 Å². The molecule has 8 N–H and O–H groups in total. The molecule has 2 aromatic carbocycles. The van der Waals surface area contributed by atoms with E-state index in [2.05, 4.69) is 30.6 Å². The lowest BCUT2D eigenvalue weighted by Gasteiger charge is -2.11. The first-order valence-corrected chi connectivity index (χ1v) is 18.9. The van der Waals surface area contributed by atoms with Gasteiger partial charge in [-0.2, -0.15) is 26.3 Å². The molecule has 0 saturated carbocycles. The monoisotopic (exact) mass is 918 g/mol. The summed E-state index contributed by atoms with van der Waals surface area (Å²) in [7, 11) is -1.73. The number of carbonyl (C=O) groups is 2. The number of nitrogens with zero attached hydrogens (tertiary/aromatic N) is 6. The Morgan fingerprint density at radius 3 is 1.45 bits per heavy atom. The molecule has 0 aliphatic rings. The Hall–Kier alpha value is -7.49. The molecule has 0 fully saturated rings. The smallest absolute Gasteiger partial charge is 0.423 e. The fraction of sp³-hybridized carbons (Fsp3) is 0.116. The third-order valence-electron chi connectivity index (χ3n) is 9.02. The zero-order valence-electron chi connectivity index (χ0n) is 33.3. The molecule has 0 radical (unpaired) electrons. The van der Waals surface area contributed by atoms with Crippen molar-refractivity contribution in [2.24, 2.45) is 0 Å². The van der Waals surface area contributed by atoms with Crippen molar-refractivity contribution in [3.63, 3.8) is 0 Å². The average Bonchev–Trinajstić information content (AvgIpc) is 3.83. The summed E-state index contributed by atoms with van der Waals surface area (Å²) in [5, 5.41) is 22.9. The van der Waals surface area contributed by atoms with E-state index in [9.17, 15) is 35.9 Å². The second-order valence-electron chi connectivity index (χ2n) is 13.8. The van der Waals surface area contributed by atoms with Gasteiger partial charge in [0.25, 0.3) is 0 Å². The molecule has 0 aliphatic heterocycles. The number of aromatic nitrogens is 6. The molecule has 2 amide bonds. The largest absolute Gasteiger partial charge is 0.488 e. The number of pyridine rings is 4. The van der Waals surface area contributed by atoms with Crippen LogP contribution in [0.1, 0.15) is 32.4 Å². The SMILES string of the molecule is C.CC(=O)Nc1cn2cc(-c3cnc(N)c(-c4ccc(C(F)(F)F)cc4)c3)ccc2n1.CC(=O)Nc1cn2cc(-c3cnc(N)c(Cl)c3)ccc2n1.OB(O)c1ccc(C(F)(F)F)cc1. The first-order valence-electron chi connectivity index (χ1n) is 18.6. The summed E-state index contributed by atoms with van der Waals surface area (Å²) >= 11 is 5.99. The van der Waals surface area contributed by atoms with Crippen LogP contribution in [0.3, 0.4) is 0 Å². The Bertz CT molecular complexity index is 2960. The summed E-state index contributed by atoms with van der Waals surface area (Å²) in [6, 6.07) is 19.3. The molecule has 0 atom stereocenters. The number of rotatable bonds is 6. The number of imidazole rings is 2. The van der Waals surface area contributed by atoms with Gasteiger partial charge >= 0.3 is 19.5 Å². The molecule has 14 nitrogen and oxygen atoms in total. The Kier molecular flexibility index (Phi) is 14.9. The minimum atomic E-state index is -4.40. The minimum absolute atomic E-state index is 0. The van der Waals surface area contributed by atoms with Crippen molar-refractivity contribution < 1.29 is 46.0 Å². The highest BCUT2D eigenvalue weighted by Crippen LogP contribution is 2.34. The Labute approximate surface area is 371 Å². The predicted molar refractivity (Wildman–Crippen MR) is 238 cm³/mol. The first kappa shape index (κ1) is 48.5. The third-order valence-corrected chi connectivity index (χ3v) is 9.33. The van der Waals surface area contributed by atoms with Gasteiger partial charge in [-0.1, -0.05) is 55.4 Å². The van der Waals surface area contributed by atoms with Crippen molar-refractivity contribution in [1.82, 2.24) is 28.7 Å². The van der Waals surface area contributed by atoms with E-state index in [4.69, 9.17) is 33.1 Å². The molecular weight excluding hydrogens is 881 g/mol. The van der Waals surface area contributed by atoms with Crippen molar-refractivity contribution in [2.75, 3.05) is 22.1 Å². The Morgan fingerprint density at radius 1 is 0.615 bits per heavy atom. The van der Waals surface area contributed by atoms with Gasteiger partial charge in [0.2, 0.25) is 11.8 Å². The lowest BCUT2D eigenvalue weighted by Crippen LogP contribution is -2.29. The van der Waals surface area contributed by atoms with Crippen molar-refractivity contribution in [3.8, 4) is 33.4 Å². The van der Waals surface area contributed by atoms with Crippen LogP contribution in [-0.4, -0.2) is 57.7 Å². The fourth-order valence-electron chi connectivity index (χ4n) is 5.96. The lowest BCUT2D eigenvalue weighted by atomic mass is 9.80. The molecule has 0 unspecified atom stereocenters. The van der Waals surface area contributed by atoms with E-state index >= 15 is 0 Å². The number of fused-ring (bicyclic) bond motifs is 2. The van der Waals surface area contributed by atoms with Crippen LogP contribution < -0.4 is 27.6 Å². The summed E-state index contributed by atoms with van der Waals surface area (Å²) in [5.41, 5.74) is 15.8. The zero-order chi connectivity index (χ0) is 46.5. The molecular formula is C43H38BClF6N10O4. The predicted octanol–water partition coefficient (Wildman–Crippen LogP) is 8.23. The molecule has 0 bridgehead atoms. The number of halogens is 7. The average molecular weight is 919 g/mol. The van der Waals surface area contributed by atoms with Gasteiger partial charge in [0.05, 0.1) is 28.5 Å². The number of nitrogens with one attached hydrogen (secondary N) is 2. The summed E-state index contributed by atoms with van der Waals surface area (Å²) in [4.78, 5) is 39.1. The Morgan fingerprint density at radius 2 is 1.03 bits per heavy atom. The maximum atomic E-state index is 12.8. The third kappa shape index (κ3) is 12.4. The van der Waals surface area contributed by atoms with Crippen LogP contribution in [0.5, 0.6) is 0 Å². The second-order valence-corrected chi connectivity index (χ2v) is 14.2. The normalized spacial score (nSPS) is 11.1. The highest BCUT2D eigenvalue weighted by atomic mass is 35.5. The number of hydrogen-bond acceptors (Lipinski definition) is 10. The molecule has 0 spiro atoms. The number of amides is 2. The van der Waals surface area contributed by atoms with Gasteiger partial charge in [-0.25, -0.2) is 19.9 Å². The van der Waals surface area contributed by atoms with Crippen LogP contribution in [0, 0.1) is 0 Å². The summed E-state index contributed by atoms with van der Waals surface area (Å²) in [6.45, 7) is 2.84. The lowest BCUT2D eigenvalue weighted by molar-refractivity contribution is -0.138. The number of anilines is 4. The van der Waals surface area contributed by atoms with E-state index in [0.29, 0.717) is 39.3 Å². The highest BCUT2D eigenvalue weighted by molar-refractivity contribution is 6.58. The number of carbonyl (C=O) groups excluding carboxylic acids is 2. The van der Waals surface area contributed by atoms with Crippen LogP contribution in [-0.2, 0) is 21.9 Å². The van der Waals surface area contributed by atoms with E-state index in [-0.39, 0.29) is 30.5 Å². The van der Waals surface area contributed by atoms with Crippen LogP contribution >= 0.6 is 11.6 Å². The molecule has 8 aromatic rings. The van der Waals surface area contributed by atoms with E-state index in [0.717, 1.165) is 64.3 Å². The molecule has 6 aromatic heterocycles.